The van der Waals surface area contributed by atoms with Crippen LogP contribution in [0.25, 0.3) is 0 Å². The van der Waals surface area contributed by atoms with Crippen LogP contribution >= 0.6 is 11.6 Å². The second kappa shape index (κ2) is 9.07. The van der Waals surface area contributed by atoms with Crippen LogP contribution in [0, 0.1) is 11.3 Å². The monoisotopic (exact) mass is 392 g/mol. The number of nitrogens with one attached hydrogen (secondary N) is 2. The van der Waals surface area contributed by atoms with Crippen LogP contribution < -0.4 is 10.6 Å². The van der Waals surface area contributed by atoms with E-state index in [9.17, 15) is 9.59 Å². The molecule has 1 aliphatic rings. The number of benzene rings is 1. The van der Waals surface area contributed by atoms with Crippen molar-refractivity contribution in [3.63, 3.8) is 0 Å². The van der Waals surface area contributed by atoms with Gasteiger partial charge in [0, 0.05) is 24.2 Å². The van der Waals surface area contributed by atoms with Gasteiger partial charge >= 0.3 is 6.09 Å². The van der Waals surface area contributed by atoms with Crippen LogP contribution in [0.3, 0.4) is 0 Å². The van der Waals surface area contributed by atoms with Gasteiger partial charge < -0.3 is 15.4 Å². The molecule has 0 atom stereocenters. The number of amides is 2. The fraction of sp³-hybridized carbons (Fsp3) is 0.526. The summed E-state index contributed by atoms with van der Waals surface area (Å²) in [6, 6.07) is 6.82. The van der Waals surface area contributed by atoms with Crippen molar-refractivity contribution in [2.75, 3.05) is 25.0 Å². The minimum absolute atomic E-state index is 0.0392. The predicted octanol–water partition coefficient (Wildman–Crippen LogP) is 3.14. The van der Waals surface area contributed by atoms with E-state index in [0.29, 0.717) is 29.4 Å². The van der Waals surface area contributed by atoms with Crippen LogP contribution in [0.5, 0.6) is 0 Å². The maximum atomic E-state index is 12.3. The van der Waals surface area contributed by atoms with E-state index in [-0.39, 0.29) is 18.5 Å². The molecular formula is C19H25ClN4O3. The minimum atomic E-state index is -0.522. The summed E-state index contributed by atoms with van der Waals surface area (Å²) in [5.41, 5.74) is 0.260. The zero-order chi connectivity index (χ0) is 20.0. The lowest BCUT2D eigenvalue weighted by atomic mass is 10.1. The summed E-state index contributed by atoms with van der Waals surface area (Å²) >= 11 is 5.93. The van der Waals surface area contributed by atoms with Crippen LogP contribution in [0.15, 0.2) is 18.2 Å². The first kappa shape index (κ1) is 21.0. The molecule has 2 amide bonds. The van der Waals surface area contributed by atoms with Crippen molar-refractivity contribution in [2.24, 2.45) is 0 Å². The van der Waals surface area contributed by atoms with Gasteiger partial charge in [-0.05, 0) is 51.8 Å². The number of hydrogen-bond donors (Lipinski definition) is 2. The molecule has 0 bridgehead atoms. The van der Waals surface area contributed by atoms with Gasteiger partial charge in [-0.1, -0.05) is 11.6 Å². The molecule has 27 heavy (non-hydrogen) atoms. The highest BCUT2D eigenvalue weighted by Crippen LogP contribution is 2.20. The fourth-order valence-corrected chi connectivity index (χ4v) is 2.99. The molecule has 0 radical (unpaired) electrons. The lowest BCUT2D eigenvalue weighted by Crippen LogP contribution is -2.47. The molecule has 0 aliphatic carbocycles. The summed E-state index contributed by atoms with van der Waals surface area (Å²) in [6.45, 7) is 7.07. The first-order chi connectivity index (χ1) is 12.7. The fourth-order valence-electron chi connectivity index (χ4n) is 2.82. The Bertz CT molecular complexity index is 731. The third-order valence-corrected chi connectivity index (χ3v) is 4.29. The van der Waals surface area contributed by atoms with E-state index in [1.54, 1.807) is 18.2 Å². The van der Waals surface area contributed by atoms with E-state index in [4.69, 9.17) is 21.6 Å². The van der Waals surface area contributed by atoms with Crippen LogP contribution in [0.4, 0.5) is 10.5 Å². The second-order valence-electron chi connectivity index (χ2n) is 7.55. The molecule has 0 unspecified atom stereocenters. The largest absolute Gasteiger partial charge is 0.444 e. The van der Waals surface area contributed by atoms with Crippen molar-refractivity contribution in [1.82, 2.24) is 10.2 Å². The third kappa shape index (κ3) is 7.08. The molecule has 1 aromatic carbocycles. The number of hydrogen-bond acceptors (Lipinski definition) is 5. The average molecular weight is 393 g/mol. The smallest absolute Gasteiger partial charge is 0.407 e. The van der Waals surface area contributed by atoms with Crippen LogP contribution in [0.2, 0.25) is 5.02 Å². The highest BCUT2D eigenvalue weighted by Gasteiger charge is 2.24. The van der Waals surface area contributed by atoms with Gasteiger partial charge in [-0.3, -0.25) is 9.69 Å². The van der Waals surface area contributed by atoms with Crippen LogP contribution in [0.1, 0.15) is 39.2 Å². The maximum Gasteiger partial charge on any atom is 0.407 e. The molecule has 1 saturated heterocycles. The number of ether oxygens (including phenoxy) is 1. The Hall–Kier alpha value is -2.30. The van der Waals surface area contributed by atoms with Crippen molar-refractivity contribution >= 4 is 29.3 Å². The Labute approximate surface area is 164 Å². The molecule has 1 heterocycles. The van der Waals surface area contributed by atoms with Crippen molar-refractivity contribution in [3.8, 4) is 6.07 Å². The van der Waals surface area contributed by atoms with E-state index in [1.165, 1.54) is 0 Å². The van der Waals surface area contributed by atoms with Gasteiger partial charge in [-0.25, -0.2) is 4.79 Å². The van der Waals surface area contributed by atoms with Crippen LogP contribution in [-0.4, -0.2) is 48.2 Å². The van der Waals surface area contributed by atoms with Gasteiger partial charge in [0.1, 0.15) is 11.7 Å². The van der Waals surface area contributed by atoms with Gasteiger partial charge in [0.15, 0.2) is 0 Å². The highest BCUT2D eigenvalue weighted by atomic mass is 35.5. The number of rotatable bonds is 4. The van der Waals surface area contributed by atoms with E-state index in [0.717, 1.165) is 12.8 Å². The lowest BCUT2D eigenvalue weighted by Gasteiger charge is -2.32. The van der Waals surface area contributed by atoms with Gasteiger partial charge in [-0.2, -0.15) is 5.26 Å². The Morgan fingerprint density at radius 1 is 1.33 bits per heavy atom. The third-order valence-electron chi connectivity index (χ3n) is 4.05. The second-order valence-corrected chi connectivity index (χ2v) is 7.98. The number of carbonyl (C=O) groups is 2. The molecule has 1 fully saturated rings. The summed E-state index contributed by atoms with van der Waals surface area (Å²) in [7, 11) is 0. The van der Waals surface area contributed by atoms with Crippen molar-refractivity contribution in [1.29, 1.82) is 5.26 Å². The van der Waals surface area contributed by atoms with Gasteiger partial charge in [0.25, 0.3) is 0 Å². The first-order valence-corrected chi connectivity index (χ1v) is 9.25. The standard InChI is InChI=1S/C19H25ClN4O3/c1-19(2,3)27-18(26)22-15-6-8-24(9-7-15)12-17(25)23-16-10-14(20)5-4-13(16)11-21/h4-5,10,15H,6-9,12H2,1-3H3,(H,22,26)(H,23,25). The Morgan fingerprint density at radius 3 is 2.59 bits per heavy atom. The maximum absolute atomic E-state index is 12.3. The molecule has 0 aromatic heterocycles. The van der Waals surface area contributed by atoms with Crippen LogP contribution in [-0.2, 0) is 9.53 Å². The molecule has 0 spiro atoms. The van der Waals surface area contributed by atoms with Crippen molar-refractivity contribution in [3.05, 3.63) is 28.8 Å². The molecule has 1 aromatic rings. The van der Waals surface area contributed by atoms with Gasteiger partial charge in [-0.15, -0.1) is 0 Å². The minimum Gasteiger partial charge on any atom is -0.444 e. The Kier molecular flexibility index (Phi) is 7.05. The molecule has 0 saturated carbocycles. The van der Waals surface area contributed by atoms with E-state index in [2.05, 4.69) is 10.6 Å². The Morgan fingerprint density at radius 2 is 2.00 bits per heavy atom. The number of nitriles is 1. The van der Waals surface area contributed by atoms with E-state index >= 15 is 0 Å². The molecule has 2 rings (SSSR count). The quantitative estimate of drug-likeness (QED) is 0.820. The molecule has 2 N–H and O–H groups in total. The summed E-state index contributed by atoms with van der Waals surface area (Å²) in [4.78, 5) is 26.1. The van der Waals surface area contributed by atoms with E-state index < -0.39 is 11.7 Å². The topological polar surface area (TPSA) is 94.5 Å². The molecule has 7 nitrogen and oxygen atoms in total. The summed E-state index contributed by atoms with van der Waals surface area (Å²) in [5.74, 6) is -0.202. The number of alkyl carbamates (subject to hydrolysis) is 1. The summed E-state index contributed by atoms with van der Waals surface area (Å²) < 4.78 is 5.26. The molecular weight excluding hydrogens is 368 g/mol. The number of carbonyl (C=O) groups excluding carboxylic acids is 2. The zero-order valence-corrected chi connectivity index (χ0v) is 16.6. The molecule has 8 heteroatoms. The lowest BCUT2D eigenvalue weighted by molar-refractivity contribution is -0.117. The molecule has 146 valence electrons. The normalized spacial score (nSPS) is 15.7. The van der Waals surface area contributed by atoms with Gasteiger partial charge in [0.05, 0.1) is 17.8 Å². The summed E-state index contributed by atoms with van der Waals surface area (Å²) in [5, 5.41) is 15.2. The van der Waals surface area contributed by atoms with Gasteiger partial charge in [0.2, 0.25) is 5.91 Å². The molecule has 1 aliphatic heterocycles. The predicted molar refractivity (Wildman–Crippen MR) is 104 cm³/mol. The number of halogens is 1. The van der Waals surface area contributed by atoms with Crippen molar-refractivity contribution in [2.45, 2.75) is 45.3 Å². The number of nitrogens with zero attached hydrogens (tertiary/aromatic N) is 2. The summed E-state index contributed by atoms with van der Waals surface area (Å²) in [6.07, 6.45) is 1.07. The Balaban J connectivity index is 1.79. The SMILES string of the molecule is CC(C)(C)OC(=O)NC1CCN(CC(=O)Nc2cc(Cl)ccc2C#N)CC1. The number of anilines is 1. The van der Waals surface area contributed by atoms with Crippen molar-refractivity contribution < 1.29 is 14.3 Å². The number of piperidine rings is 1. The zero-order valence-electron chi connectivity index (χ0n) is 15.8. The first-order valence-electron chi connectivity index (χ1n) is 8.87. The number of likely N-dealkylation sites (tertiary alicyclic amines) is 1. The highest BCUT2D eigenvalue weighted by molar-refractivity contribution is 6.31. The average Bonchev–Trinajstić information content (AvgIpc) is 2.55. The van der Waals surface area contributed by atoms with E-state index in [1.807, 2.05) is 31.7 Å².